The Balaban J connectivity index is 2.17. The maximum Gasteiger partial charge on any atom is 0.337 e. The Morgan fingerprint density at radius 1 is 1.12 bits per heavy atom. The first-order valence-electron chi connectivity index (χ1n) is 7.05. The number of ether oxygens (including phenoxy) is 1. The van der Waals surface area contributed by atoms with Gasteiger partial charge in [-0.05, 0) is 42.5 Å². The summed E-state index contributed by atoms with van der Waals surface area (Å²) in [5, 5.41) is 12.0. The number of carboxylic acids is 1. The van der Waals surface area contributed by atoms with E-state index in [1.54, 1.807) is 6.92 Å². The lowest BCUT2D eigenvalue weighted by Gasteiger charge is -2.09. The molecule has 2 rings (SSSR count). The summed E-state index contributed by atoms with van der Waals surface area (Å²) >= 11 is 5.84. The Kier molecular flexibility index (Phi) is 5.55. The van der Waals surface area contributed by atoms with E-state index in [4.69, 9.17) is 21.4 Å². The van der Waals surface area contributed by atoms with E-state index in [2.05, 4.69) is 5.32 Å². The molecule has 124 valence electrons. The number of hydrogen-bond acceptors (Lipinski definition) is 4. The summed E-state index contributed by atoms with van der Waals surface area (Å²) in [4.78, 5) is 34.6. The highest BCUT2D eigenvalue weighted by molar-refractivity contribution is 6.31. The summed E-state index contributed by atoms with van der Waals surface area (Å²) in [7, 11) is 0. The van der Waals surface area contributed by atoms with Gasteiger partial charge >= 0.3 is 11.9 Å². The standard InChI is InChI=1S/C17H14ClNO5/c1-2-15(20)24-12-6-3-10(4-7-12)16(21)19-14-9-11(18)5-8-13(14)17(22)23/h3-9H,2H2,1H3,(H,19,21)(H,22,23). The molecule has 6 nitrogen and oxygen atoms in total. The largest absolute Gasteiger partial charge is 0.478 e. The third-order valence-electron chi connectivity index (χ3n) is 3.10. The number of aromatic carboxylic acids is 1. The number of carbonyl (C=O) groups is 3. The van der Waals surface area contributed by atoms with Gasteiger partial charge in [0.25, 0.3) is 5.91 Å². The van der Waals surface area contributed by atoms with E-state index in [9.17, 15) is 14.4 Å². The topological polar surface area (TPSA) is 92.7 Å². The predicted octanol–water partition coefficient (Wildman–Crippen LogP) is 3.61. The van der Waals surface area contributed by atoms with E-state index in [0.29, 0.717) is 10.8 Å². The molecule has 0 aliphatic rings. The summed E-state index contributed by atoms with van der Waals surface area (Å²) in [6.07, 6.45) is 0.245. The predicted molar refractivity (Wildman–Crippen MR) is 88.7 cm³/mol. The fraction of sp³-hybridized carbons (Fsp3) is 0.118. The molecule has 0 aliphatic carbocycles. The lowest BCUT2D eigenvalue weighted by Crippen LogP contribution is -2.15. The summed E-state index contributed by atoms with van der Waals surface area (Å²) < 4.78 is 5.02. The van der Waals surface area contributed by atoms with Crippen LogP contribution in [-0.2, 0) is 4.79 Å². The highest BCUT2D eigenvalue weighted by Gasteiger charge is 2.14. The monoisotopic (exact) mass is 347 g/mol. The van der Waals surface area contributed by atoms with E-state index >= 15 is 0 Å². The molecule has 2 aromatic rings. The van der Waals surface area contributed by atoms with Gasteiger partial charge in [0.15, 0.2) is 0 Å². The van der Waals surface area contributed by atoms with E-state index in [-0.39, 0.29) is 29.2 Å². The number of rotatable bonds is 5. The van der Waals surface area contributed by atoms with Crippen molar-refractivity contribution in [1.82, 2.24) is 0 Å². The van der Waals surface area contributed by atoms with Gasteiger partial charge in [0, 0.05) is 17.0 Å². The molecule has 0 heterocycles. The second-order valence-corrected chi connectivity index (χ2v) is 5.24. The van der Waals surface area contributed by atoms with Crippen LogP contribution in [-0.4, -0.2) is 23.0 Å². The van der Waals surface area contributed by atoms with Crippen LogP contribution in [0.4, 0.5) is 5.69 Å². The zero-order valence-corrected chi connectivity index (χ0v) is 13.5. The molecule has 0 saturated heterocycles. The van der Waals surface area contributed by atoms with Crippen molar-refractivity contribution in [3.63, 3.8) is 0 Å². The van der Waals surface area contributed by atoms with Crippen molar-refractivity contribution in [2.45, 2.75) is 13.3 Å². The van der Waals surface area contributed by atoms with E-state index < -0.39 is 11.9 Å². The third kappa shape index (κ3) is 4.33. The number of hydrogen-bond donors (Lipinski definition) is 2. The molecular weight excluding hydrogens is 334 g/mol. The first kappa shape index (κ1) is 17.5. The van der Waals surface area contributed by atoms with Crippen LogP contribution >= 0.6 is 11.6 Å². The molecular formula is C17H14ClNO5. The molecule has 0 bridgehead atoms. The second-order valence-electron chi connectivity index (χ2n) is 4.80. The molecule has 0 aliphatic heterocycles. The average Bonchev–Trinajstić information content (AvgIpc) is 2.55. The Labute approximate surface area is 143 Å². The van der Waals surface area contributed by atoms with Crippen LogP contribution in [0.5, 0.6) is 5.75 Å². The number of benzene rings is 2. The van der Waals surface area contributed by atoms with Crippen molar-refractivity contribution in [1.29, 1.82) is 0 Å². The van der Waals surface area contributed by atoms with Crippen LogP contribution in [0.25, 0.3) is 0 Å². The van der Waals surface area contributed by atoms with Gasteiger partial charge in [-0.3, -0.25) is 9.59 Å². The summed E-state index contributed by atoms with van der Waals surface area (Å²) in [6, 6.07) is 10.0. The quantitative estimate of drug-likeness (QED) is 0.636. The second kappa shape index (κ2) is 7.61. The molecule has 2 N–H and O–H groups in total. The molecule has 0 aromatic heterocycles. The van der Waals surface area contributed by atoms with Crippen LogP contribution in [0.2, 0.25) is 5.02 Å². The molecule has 24 heavy (non-hydrogen) atoms. The summed E-state index contributed by atoms with van der Waals surface area (Å²) in [6.45, 7) is 1.68. The third-order valence-corrected chi connectivity index (χ3v) is 3.33. The van der Waals surface area contributed by atoms with Gasteiger partial charge in [-0.15, -0.1) is 0 Å². The van der Waals surface area contributed by atoms with Crippen LogP contribution in [0.3, 0.4) is 0 Å². The van der Waals surface area contributed by atoms with Gasteiger partial charge in [-0.2, -0.15) is 0 Å². The molecule has 0 unspecified atom stereocenters. The Hall–Kier alpha value is -2.86. The molecule has 2 aromatic carbocycles. The average molecular weight is 348 g/mol. The summed E-state index contributed by atoms with van der Waals surface area (Å²) in [5.74, 6) is -1.73. The number of esters is 1. The number of amides is 1. The number of halogens is 1. The van der Waals surface area contributed by atoms with Crippen molar-refractivity contribution in [3.8, 4) is 5.75 Å². The molecule has 0 atom stereocenters. The first-order chi connectivity index (χ1) is 11.4. The Morgan fingerprint density at radius 2 is 1.79 bits per heavy atom. The fourth-order valence-corrected chi connectivity index (χ4v) is 2.05. The maximum absolute atomic E-state index is 12.2. The zero-order valence-electron chi connectivity index (χ0n) is 12.7. The highest BCUT2D eigenvalue weighted by atomic mass is 35.5. The molecule has 0 saturated carbocycles. The Morgan fingerprint density at radius 3 is 2.38 bits per heavy atom. The maximum atomic E-state index is 12.2. The fourth-order valence-electron chi connectivity index (χ4n) is 1.88. The van der Waals surface area contributed by atoms with Crippen molar-refractivity contribution in [3.05, 3.63) is 58.6 Å². The minimum absolute atomic E-state index is 0.0683. The van der Waals surface area contributed by atoms with Crippen LogP contribution in [0, 0.1) is 0 Å². The number of carboxylic acid groups (broad SMARTS) is 1. The van der Waals surface area contributed by atoms with Gasteiger partial charge < -0.3 is 15.2 Å². The van der Waals surface area contributed by atoms with Crippen molar-refractivity contribution in [2.75, 3.05) is 5.32 Å². The number of carbonyl (C=O) groups excluding carboxylic acids is 2. The minimum atomic E-state index is -1.18. The lowest BCUT2D eigenvalue weighted by molar-refractivity contribution is -0.134. The smallest absolute Gasteiger partial charge is 0.337 e. The molecule has 7 heteroatoms. The minimum Gasteiger partial charge on any atom is -0.478 e. The Bertz CT molecular complexity index is 786. The lowest BCUT2D eigenvalue weighted by atomic mass is 10.1. The molecule has 1 amide bonds. The van der Waals surface area contributed by atoms with Gasteiger partial charge in [0.05, 0.1) is 11.3 Å². The van der Waals surface area contributed by atoms with Crippen molar-refractivity contribution >= 4 is 35.1 Å². The highest BCUT2D eigenvalue weighted by Crippen LogP contribution is 2.22. The zero-order chi connectivity index (χ0) is 17.7. The number of anilines is 1. The van der Waals surface area contributed by atoms with Gasteiger partial charge in [0.1, 0.15) is 5.75 Å². The number of nitrogens with one attached hydrogen (secondary N) is 1. The SMILES string of the molecule is CCC(=O)Oc1ccc(C(=O)Nc2cc(Cl)ccc2C(=O)O)cc1. The van der Waals surface area contributed by atoms with Crippen molar-refractivity contribution in [2.24, 2.45) is 0 Å². The van der Waals surface area contributed by atoms with E-state index in [1.807, 2.05) is 0 Å². The summed E-state index contributed by atoms with van der Waals surface area (Å²) in [5.41, 5.74) is 0.311. The molecule has 0 fully saturated rings. The van der Waals surface area contributed by atoms with Gasteiger partial charge in [0.2, 0.25) is 0 Å². The van der Waals surface area contributed by atoms with E-state index in [1.165, 1.54) is 42.5 Å². The van der Waals surface area contributed by atoms with Gasteiger partial charge in [-0.25, -0.2) is 4.79 Å². The van der Waals surface area contributed by atoms with E-state index in [0.717, 1.165) is 0 Å². The molecule has 0 radical (unpaired) electrons. The van der Waals surface area contributed by atoms with Crippen LogP contribution in [0.1, 0.15) is 34.1 Å². The molecule has 0 spiro atoms. The van der Waals surface area contributed by atoms with Crippen molar-refractivity contribution < 1.29 is 24.2 Å². The van der Waals surface area contributed by atoms with Crippen LogP contribution in [0.15, 0.2) is 42.5 Å². The van der Waals surface area contributed by atoms with Gasteiger partial charge in [-0.1, -0.05) is 18.5 Å². The first-order valence-corrected chi connectivity index (χ1v) is 7.43. The van der Waals surface area contributed by atoms with Crippen LogP contribution < -0.4 is 10.1 Å². The normalized spacial score (nSPS) is 10.1.